The minimum absolute atomic E-state index is 0.0483. The third-order valence-corrected chi connectivity index (χ3v) is 4.79. The summed E-state index contributed by atoms with van der Waals surface area (Å²) in [5.41, 5.74) is 3.27. The highest BCUT2D eigenvalue weighted by Crippen LogP contribution is 2.37. The quantitative estimate of drug-likeness (QED) is 0.736. The molecular weight excluding hydrogens is 354 g/mol. The predicted octanol–water partition coefficient (Wildman–Crippen LogP) is 3.61. The number of carbonyl (C=O) groups is 1. The van der Waals surface area contributed by atoms with Gasteiger partial charge in [0.2, 0.25) is 6.79 Å². The fourth-order valence-electron chi connectivity index (χ4n) is 2.80. The largest absolute Gasteiger partial charge is 0.482 e. The van der Waals surface area contributed by atoms with E-state index >= 15 is 0 Å². The molecule has 5 rings (SSSR count). The molecule has 1 amide bonds. The molecule has 8 heteroatoms. The third-order valence-electron chi connectivity index (χ3n) is 4.04. The standard InChI is InChI=1S/C18H13N3O4S/c22-17-7-23-14-3-1-10(5-12(14)20-17)13-8-26-18(21-13)19-11-2-4-15-16(6-11)25-9-24-15/h1-6,8H,7,9H2,(H,19,21)(H,20,22). The van der Waals surface area contributed by atoms with Crippen LogP contribution < -0.4 is 24.8 Å². The SMILES string of the molecule is O=C1COc2ccc(-c3csc(Nc4ccc5c(c4)OCO5)n3)cc2N1. The van der Waals surface area contributed by atoms with Crippen molar-refractivity contribution in [3.05, 3.63) is 41.8 Å². The number of rotatable bonds is 3. The molecule has 130 valence electrons. The van der Waals surface area contributed by atoms with E-state index in [1.165, 1.54) is 11.3 Å². The number of hydrogen-bond donors (Lipinski definition) is 2. The molecule has 1 aromatic heterocycles. The number of anilines is 3. The van der Waals surface area contributed by atoms with Gasteiger partial charge < -0.3 is 24.8 Å². The molecule has 0 radical (unpaired) electrons. The molecule has 26 heavy (non-hydrogen) atoms. The number of hydrogen-bond acceptors (Lipinski definition) is 7. The number of nitrogens with one attached hydrogen (secondary N) is 2. The van der Waals surface area contributed by atoms with E-state index < -0.39 is 0 Å². The summed E-state index contributed by atoms with van der Waals surface area (Å²) in [6.45, 7) is 0.297. The minimum Gasteiger partial charge on any atom is -0.482 e. The molecule has 0 saturated heterocycles. The zero-order valence-corrected chi connectivity index (χ0v) is 14.3. The Bertz CT molecular complexity index is 1020. The maximum absolute atomic E-state index is 11.5. The van der Waals surface area contributed by atoms with Gasteiger partial charge >= 0.3 is 0 Å². The highest BCUT2D eigenvalue weighted by molar-refractivity contribution is 7.14. The monoisotopic (exact) mass is 367 g/mol. The Labute approximate surface area is 152 Å². The van der Waals surface area contributed by atoms with Gasteiger partial charge in [0.25, 0.3) is 5.91 Å². The number of carbonyl (C=O) groups excluding carboxylic acids is 1. The normalized spacial score (nSPS) is 14.4. The van der Waals surface area contributed by atoms with Crippen LogP contribution in [0.2, 0.25) is 0 Å². The van der Waals surface area contributed by atoms with E-state index in [-0.39, 0.29) is 19.3 Å². The second-order valence-corrected chi connectivity index (χ2v) is 6.64. The van der Waals surface area contributed by atoms with Gasteiger partial charge in [-0.1, -0.05) is 0 Å². The lowest BCUT2D eigenvalue weighted by molar-refractivity contribution is -0.118. The molecule has 0 spiro atoms. The van der Waals surface area contributed by atoms with Crippen molar-refractivity contribution >= 4 is 33.8 Å². The van der Waals surface area contributed by atoms with Gasteiger partial charge in [-0.25, -0.2) is 4.98 Å². The van der Waals surface area contributed by atoms with E-state index in [0.717, 1.165) is 33.6 Å². The maximum Gasteiger partial charge on any atom is 0.262 e. The molecule has 7 nitrogen and oxygen atoms in total. The van der Waals surface area contributed by atoms with Crippen LogP contribution in [0.3, 0.4) is 0 Å². The van der Waals surface area contributed by atoms with Crippen molar-refractivity contribution in [1.29, 1.82) is 0 Å². The second-order valence-electron chi connectivity index (χ2n) is 5.78. The van der Waals surface area contributed by atoms with Gasteiger partial charge in [-0.05, 0) is 30.3 Å². The molecule has 2 aromatic carbocycles. The van der Waals surface area contributed by atoms with Crippen LogP contribution in [0.15, 0.2) is 41.8 Å². The molecule has 2 aliphatic rings. The molecule has 0 fully saturated rings. The average Bonchev–Trinajstić information content (AvgIpc) is 3.30. The van der Waals surface area contributed by atoms with Crippen molar-refractivity contribution in [1.82, 2.24) is 4.98 Å². The van der Waals surface area contributed by atoms with Crippen LogP contribution in [0.25, 0.3) is 11.3 Å². The Morgan fingerprint density at radius 1 is 1.04 bits per heavy atom. The molecule has 3 heterocycles. The van der Waals surface area contributed by atoms with Gasteiger partial charge in [0.05, 0.1) is 11.4 Å². The molecule has 0 bridgehead atoms. The molecule has 0 saturated carbocycles. The summed E-state index contributed by atoms with van der Waals surface area (Å²) >= 11 is 1.50. The summed E-state index contributed by atoms with van der Waals surface area (Å²) in [6.07, 6.45) is 0. The molecule has 2 aliphatic heterocycles. The number of ether oxygens (including phenoxy) is 3. The summed E-state index contributed by atoms with van der Waals surface area (Å²) < 4.78 is 16.1. The van der Waals surface area contributed by atoms with Crippen LogP contribution in [0.1, 0.15) is 0 Å². The first-order valence-corrected chi connectivity index (χ1v) is 8.82. The van der Waals surface area contributed by atoms with Crippen molar-refractivity contribution in [2.24, 2.45) is 0 Å². The highest BCUT2D eigenvalue weighted by Gasteiger charge is 2.17. The molecule has 3 aromatic rings. The van der Waals surface area contributed by atoms with Crippen molar-refractivity contribution in [3.63, 3.8) is 0 Å². The second kappa shape index (κ2) is 5.92. The minimum atomic E-state index is -0.155. The predicted molar refractivity (Wildman–Crippen MR) is 97.5 cm³/mol. The fraction of sp³-hybridized carbons (Fsp3) is 0.111. The van der Waals surface area contributed by atoms with Gasteiger partial charge in [-0.3, -0.25) is 4.79 Å². The van der Waals surface area contributed by atoms with E-state index in [2.05, 4.69) is 15.6 Å². The van der Waals surface area contributed by atoms with Gasteiger partial charge in [-0.15, -0.1) is 11.3 Å². The molecule has 2 N–H and O–H groups in total. The van der Waals surface area contributed by atoms with E-state index in [9.17, 15) is 4.79 Å². The fourth-order valence-corrected chi connectivity index (χ4v) is 3.54. The first-order valence-electron chi connectivity index (χ1n) is 7.94. The molecule has 0 unspecified atom stereocenters. The van der Waals surface area contributed by atoms with Crippen LogP contribution in [0.4, 0.5) is 16.5 Å². The number of benzene rings is 2. The van der Waals surface area contributed by atoms with Gasteiger partial charge in [-0.2, -0.15) is 0 Å². The highest BCUT2D eigenvalue weighted by atomic mass is 32.1. The van der Waals surface area contributed by atoms with Crippen molar-refractivity contribution in [2.45, 2.75) is 0 Å². The summed E-state index contributed by atoms with van der Waals surface area (Å²) in [4.78, 5) is 16.1. The smallest absolute Gasteiger partial charge is 0.262 e. The Morgan fingerprint density at radius 2 is 1.92 bits per heavy atom. The molecule has 0 atom stereocenters. The molecule has 0 aliphatic carbocycles. The number of nitrogens with zero attached hydrogens (tertiary/aromatic N) is 1. The number of aromatic nitrogens is 1. The van der Waals surface area contributed by atoms with Gasteiger partial charge in [0, 0.05) is 22.7 Å². The van der Waals surface area contributed by atoms with Crippen LogP contribution in [-0.2, 0) is 4.79 Å². The number of fused-ring (bicyclic) bond motifs is 2. The number of amides is 1. The van der Waals surface area contributed by atoms with Crippen LogP contribution in [-0.4, -0.2) is 24.3 Å². The van der Waals surface area contributed by atoms with Gasteiger partial charge in [0.15, 0.2) is 23.2 Å². The van der Waals surface area contributed by atoms with Gasteiger partial charge in [0.1, 0.15) is 5.75 Å². The lowest BCUT2D eigenvalue weighted by atomic mass is 10.1. The third kappa shape index (κ3) is 2.70. The van der Waals surface area contributed by atoms with Crippen LogP contribution in [0, 0.1) is 0 Å². The topological polar surface area (TPSA) is 81.7 Å². The van der Waals surface area contributed by atoms with E-state index in [4.69, 9.17) is 14.2 Å². The van der Waals surface area contributed by atoms with E-state index in [0.29, 0.717) is 11.4 Å². The lowest BCUT2D eigenvalue weighted by Gasteiger charge is -2.18. The number of thiazole rings is 1. The Balaban J connectivity index is 1.38. The maximum atomic E-state index is 11.5. The Morgan fingerprint density at radius 3 is 2.88 bits per heavy atom. The zero-order chi connectivity index (χ0) is 17.5. The first kappa shape index (κ1) is 15.0. The zero-order valence-electron chi connectivity index (χ0n) is 13.4. The van der Waals surface area contributed by atoms with Crippen LogP contribution >= 0.6 is 11.3 Å². The summed E-state index contributed by atoms with van der Waals surface area (Å²) in [5, 5.41) is 8.80. The lowest BCUT2D eigenvalue weighted by Crippen LogP contribution is -2.25. The summed E-state index contributed by atoms with van der Waals surface area (Å²) in [5.74, 6) is 1.98. The van der Waals surface area contributed by atoms with Crippen molar-refractivity contribution in [2.75, 3.05) is 24.0 Å². The summed E-state index contributed by atoms with van der Waals surface area (Å²) in [6, 6.07) is 11.3. The Kier molecular flexibility index (Phi) is 3.42. The first-order chi connectivity index (χ1) is 12.7. The van der Waals surface area contributed by atoms with Crippen LogP contribution in [0.5, 0.6) is 17.2 Å². The molecular formula is C18H13N3O4S. The van der Waals surface area contributed by atoms with Crippen molar-refractivity contribution < 1.29 is 19.0 Å². The Hall–Kier alpha value is -3.26. The average molecular weight is 367 g/mol. The van der Waals surface area contributed by atoms with Crippen molar-refractivity contribution in [3.8, 4) is 28.5 Å². The van der Waals surface area contributed by atoms with E-state index in [1.54, 1.807) is 0 Å². The van der Waals surface area contributed by atoms with E-state index in [1.807, 2.05) is 41.8 Å². The summed E-state index contributed by atoms with van der Waals surface area (Å²) in [7, 11) is 0.